The van der Waals surface area contributed by atoms with E-state index in [1.54, 1.807) is 0 Å². The van der Waals surface area contributed by atoms with Crippen molar-refractivity contribution in [3.63, 3.8) is 0 Å². The fourth-order valence-electron chi connectivity index (χ4n) is 3.31. The predicted molar refractivity (Wildman–Crippen MR) is 91.8 cm³/mol. The predicted octanol–water partition coefficient (Wildman–Crippen LogP) is 3.89. The minimum absolute atomic E-state index is 0.649. The highest BCUT2D eigenvalue weighted by Gasteiger charge is 2.28. The summed E-state index contributed by atoms with van der Waals surface area (Å²) in [6, 6.07) is 12.3. The fraction of sp³-hybridized carbons (Fsp3) is 0.684. The van der Waals surface area contributed by atoms with E-state index in [1.165, 1.54) is 31.5 Å². The quantitative estimate of drug-likeness (QED) is 0.854. The molecule has 0 bridgehead atoms. The first-order valence-corrected chi connectivity index (χ1v) is 8.64. The monoisotopic (exact) mass is 288 g/mol. The number of piperazine rings is 1. The summed E-state index contributed by atoms with van der Waals surface area (Å²) in [6.45, 7) is 12.9. The second-order valence-electron chi connectivity index (χ2n) is 6.92. The number of hydrogen-bond acceptors (Lipinski definition) is 2. The van der Waals surface area contributed by atoms with Gasteiger partial charge in [0.05, 0.1) is 0 Å². The van der Waals surface area contributed by atoms with Crippen molar-refractivity contribution < 1.29 is 0 Å². The highest BCUT2D eigenvalue weighted by atomic mass is 15.2. The van der Waals surface area contributed by atoms with Gasteiger partial charge in [-0.2, -0.15) is 0 Å². The summed E-state index contributed by atoms with van der Waals surface area (Å²) < 4.78 is 0. The molecule has 0 aromatic heterocycles. The standard InChI is InChI=1S/C19H32N2/c1-5-18-13-20-19(15(2)3)14-21(18)12-11-16(4)17-9-7-6-8-10-17/h6-10,15-16,18-20H,5,11-14H2,1-4H3. The summed E-state index contributed by atoms with van der Waals surface area (Å²) in [7, 11) is 0. The number of nitrogens with zero attached hydrogens (tertiary/aromatic N) is 1. The highest BCUT2D eigenvalue weighted by Crippen LogP contribution is 2.21. The van der Waals surface area contributed by atoms with E-state index in [-0.39, 0.29) is 0 Å². The van der Waals surface area contributed by atoms with E-state index in [0.29, 0.717) is 18.0 Å². The van der Waals surface area contributed by atoms with Crippen LogP contribution >= 0.6 is 0 Å². The number of nitrogens with one attached hydrogen (secondary N) is 1. The Balaban J connectivity index is 1.90. The van der Waals surface area contributed by atoms with Crippen LogP contribution < -0.4 is 5.32 Å². The van der Waals surface area contributed by atoms with Gasteiger partial charge in [0.1, 0.15) is 0 Å². The van der Waals surface area contributed by atoms with Crippen molar-refractivity contribution in [2.45, 2.75) is 58.5 Å². The van der Waals surface area contributed by atoms with Crippen LogP contribution in [-0.2, 0) is 0 Å². The molecule has 0 aliphatic carbocycles. The topological polar surface area (TPSA) is 15.3 Å². The summed E-state index contributed by atoms with van der Waals surface area (Å²) in [5.41, 5.74) is 1.47. The van der Waals surface area contributed by atoms with E-state index in [0.717, 1.165) is 12.5 Å². The highest BCUT2D eigenvalue weighted by molar-refractivity contribution is 5.18. The Bertz CT molecular complexity index is 401. The summed E-state index contributed by atoms with van der Waals surface area (Å²) in [5.74, 6) is 1.37. The second-order valence-corrected chi connectivity index (χ2v) is 6.92. The first-order valence-electron chi connectivity index (χ1n) is 8.64. The molecular weight excluding hydrogens is 256 g/mol. The van der Waals surface area contributed by atoms with Crippen molar-refractivity contribution >= 4 is 0 Å². The van der Waals surface area contributed by atoms with E-state index >= 15 is 0 Å². The first-order chi connectivity index (χ1) is 10.1. The summed E-state index contributed by atoms with van der Waals surface area (Å²) in [4.78, 5) is 2.72. The van der Waals surface area contributed by atoms with Crippen molar-refractivity contribution in [1.29, 1.82) is 0 Å². The maximum atomic E-state index is 3.73. The Morgan fingerprint density at radius 2 is 1.90 bits per heavy atom. The second kappa shape index (κ2) is 7.95. The number of hydrogen-bond donors (Lipinski definition) is 1. The van der Waals surface area contributed by atoms with Crippen LogP contribution in [0.3, 0.4) is 0 Å². The van der Waals surface area contributed by atoms with E-state index in [9.17, 15) is 0 Å². The van der Waals surface area contributed by atoms with E-state index in [1.807, 2.05) is 0 Å². The largest absolute Gasteiger partial charge is 0.311 e. The third-order valence-electron chi connectivity index (χ3n) is 5.06. The van der Waals surface area contributed by atoms with Crippen LogP contribution in [0.1, 0.15) is 52.0 Å². The van der Waals surface area contributed by atoms with Crippen LogP contribution in [0.2, 0.25) is 0 Å². The summed E-state index contributed by atoms with van der Waals surface area (Å²) >= 11 is 0. The van der Waals surface area contributed by atoms with Crippen molar-refractivity contribution in [3.05, 3.63) is 35.9 Å². The van der Waals surface area contributed by atoms with Gasteiger partial charge in [0.15, 0.2) is 0 Å². The lowest BCUT2D eigenvalue weighted by atomic mass is 9.95. The maximum Gasteiger partial charge on any atom is 0.0218 e. The Kier molecular flexibility index (Phi) is 6.25. The molecule has 1 heterocycles. The van der Waals surface area contributed by atoms with Crippen LogP contribution in [-0.4, -0.2) is 36.6 Å². The molecule has 0 spiro atoms. The first kappa shape index (κ1) is 16.5. The molecule has 1 aromatic rings. The molecule has 0 radical (unpaired) electrons. The molecule has 1 aliphatic rings. The average Bonchev–Trinajstić information content (AvgIpc) is 2.53. The molecule has 2 rings (SSSR count). The van der Waals surface area contributed by atoms with Gasteiger partial charge in [-0.1, -0.05) is 58.0 Å². The summed E-state index contributed by atoms with van der Waals surface area (Å²) in [6.07, 6.45) is 2.50. The van der Waals surface area contributed by atoms with Crippen LogP contribution in [0.15, 0.2) is 30.3 Å². The molecule has 1 saturated heterocycles. The fourth-order valence-corrected chi connectivity index (χ4v) is 3.31. The Morgan fingerprint density at radius 1 is 1.19 bits per heavy atom. The zero-order chi connectivity index (χ0) is 15.2. The zero-order valence-corrected chi connectivity index (χ0v) is 14.2. The molecule has 1 N–H and O–H groups in total. The van der Waals surface area contributed by atoms with Gasteiger partial charge in [0, 0.05) is 25.2 Å². The molecule has 1 fully saturated rings. The Morgan fingerprint density at radius 3 is 2.52 bits per heavy atom. The van der Waals surface area contributed by atoms with Gasteiger partial charge in [0.2, 0.25) is 0 Å². The van der Waals surface area contributed by atoms with Crippen molar-refractivity contribution in [2.75, 3.05) is 19.6 Å². The SMILES string of the molecule is CCC1CNC(C(C)C)CN1CCC(C)c1ccccc1. The number of benzene rings is 1. The molecule has 0 amide bonds. The molecule has 2 heteroatoms. The Hall–Kier alpha value is -0.860. The van der Waals surface area contributed by atoms with Gasteiger partial charge in [-0.25, -0.2) is 0 Å². The molecule has 3 atom stereocenters. The lowest BCUT2D eigenvalue weighted by Gasteiger charge is -2.42. The van der Waals surface area contributed by atoms with E-state index in [4.69, 9.17) is 0 Å². The minimum Gasteiger partial charge on any atom is -0.311 e. The molecule has 21 heavy (non-hydrogen) atoms. The average molecular weight is 288 g/mol. The smallest absolute Gasteiger partial charge is 0.0218 e. The van der Waals surface area contributed by atoms with Crippen LogP contribution in [0.25, 0.3) is 0 Å². The Labute approximate surface area is 130 Å². The molecule has 118 valence electrons. The lowest BCUT2D eigenvalue weighted by Crippen LogP contribution is -2.58. The number of rotatable bonds is 6. The molecule has 1 aromatic carbocycles. The van der Waals surface area contributed by atoms with E-state index < -0.39 is 0 Å². The van der Waals surface area contributed by atoms with Crippen molar-refractivity contribution in [1.82, 2.24) is 10.2 Å². The molecule has 1 aliphatic heterocycles. The van der Waals surface area contributed by atoms with Crippen LogP contribution in [0.5, 0.6) is 0 Å². The van der Waals surface area contributed by atoms with Crippen LogP contribution in [0, 0.1) is 5.92 Å². The summed E-state index contributed by atoms with van der Waals surface area (Å²) in [5, 5.41) is 3.73. The normalized spacial score (nSPS) is 25.2. The van der Waals surface area contributed by atoms with Gasteiger partial charge in [-0.15, -0.1) is 0 Å². The van der Waals surface area contributed by atoms with Crippen molar-refractivity contribution in [2.24, 2.45) is 5.92 Å². The maximum absolute atomic E-state index is 3.73. The van der Waals surface area contributed by atoms with Gasteiger partial charge in [-0.05, 0) is 36.8 Å². The molecule has 3 unspecified atom stereocenters. The molecule has 2 nitrogen and oxygen atoms in total. The lowest BCUT2D eigenvalue weighted by molar-refractivity contribution is 0.107. The third kappa shape index (κ3) is 4.55. The third-order valence-corrected chi connectivity index (χ3v) is 5.06. The zero-order valence-electron chi connectivity index (χ0n) is 14.2. The molecule has 0 saturated carbocycles. The van der Waals surface area contributed by atoms with Crippen molar-refractivity contribution in [3.8, 4) is 0 Å². The van der Waals surface area contributed by atoms with E-state index in [2.05, 4.69) is 68.2 Å². The molecular formula is C19H32N2. The van der Waals surface area contributed by atoms with Gasteiger partial charge in [-0.3, -0.25) is 4.90 Å². The van der Waals surface area contributed by atoms with Crippen LogP contribution in [0.4, 0.5) is 0 Å². The van der Waals surface area contributed by atoms with Gasteiger partial charge < -0.3 is 5.32 Å². The minimum atomic E-state index is 0.649. The van der Waals surface area contributed by atoms with Gasteiger partial charge in [0.25, 0.3) is 0 Å². The van der Waals surface area contributed by atoms with Gasteiger partial charge >= 0.3 is 0 Å².